The molecule has 2 aromatic carbocycles. The lowest BCUT2D eigenvalue weighted by molar-refractivity contribution is 0.0730. The maximum Gasteiger partial charge on any atom is 0.264 e. The Morgan fingerprint density at radius 3 is 2.80 bits per heavy atom. The summed E-state index contributed by atoms with van der Waals surface area (Å²) >= 11 is 1.38. The molecule has 1 amide bonds. The highest BCUT2D eigenvalue weighted by Gasteiger charge is 2.21. The fourth-order valence-electron chi connectivity index (χ4n) is 3.41. The van der Waals surface area contributed by atoms with Crippen molar-refractivity contribution in [3.63, 3.8) is 0 Å². The number of nitrogens with one attached hydrogen (secondary N) is 1. The van der Waals surface area contributed by atoms with E-state index < -0.39 is 0 Å². The van der Waals surface area contributed by atoms with E-state index in [0.29, 0.717) is 39.6 Å². The summed E-state index contributed by atoms with van der Waals surface area (Å²) in [5, 5.41) is 2.38. The number of H-pyrrole nitrogens is 1. The van der Waals surface area contributed by atoms with Crippen LogP contribution in [0.5, 0.6) is 11.5 Å². The Labute approximate surface area is 175 Å². The molecule has 0 saturated heterocycles. The minimum atomic E-state index is -0.220. The van der Waals surface area contributed by atoms with Crippen LogP contribution in [0.15, 0.2) is 64.8 Å². The third-order valence-corrected chi connectivity index (χ3v) is 5.69. The summed E-state index contributed by atoms with van der Waals surface area (Å²) in [6.45, 7) is 0.702. The average Bonchev–Trinajstić information content (AvgIpc) is 3.44. The summed E-state index contributed by atoms with van der Waals surface area (Å²) in [4.78, 5) is 35.2. The maximum atomic E-state index is 13.2. The van der Waals surface area contributed by atoms with Crippen molar-refractivity contribution in [1.82, 2.24) is 14.9 Å². The van der Waals surface area contributed by atoms with Crippen molar-refractivity contribution >= 4 is 28.1 Å². The molecule has 0 fully saturated rings. The van der Waals surface area contributed by atoms with Crippen LogP contribution in [0.4, 0.5) is 0 Å². The van der Waals surface area contributed by atoms with E-state index in [4.69, 9.17) is 9.47 Å². The van der Waals surface area contributed by atoms with Crippen LogP contribution < -0.4 is 15.0 Å². The molecule has 0 spiro atoms. The summed E-state index contributed by atoms with van der Waals surface area (Å²) in [5.41, 5.74) is 1.28. The quantitative estimate of drug-likeness (QED) is 0.535. The molecule has 7 nitrogen and oxygen atoms in total. The van der Waals surface area contributed by atoms with Crippen LogP contribution in [-0.4, -0.2) is 27.6 Å². The molecule has 1 N–H and O–H groups in total. The van der Waals surface area contributed by atoms with Gasteiger partial charge >= 0.3 is 0 Å². The van der Waals surface area contributed by atoms with Gasteiger partial charge in [0.25, 0.3) is 11.5 Å². The second kappa shape index (κ2) is 7.64. The van der Waals surface area contributed by atoms with Crippen LogP contribution in [0.1, 0.15) is 21.1 Å². The van der Waals surface area contributed by atoms with Crippen molar-refractivity contribution in [2.75, 3.05) is 6.79 Å². The van der Waals surface area contributed by atoms with Gasteiger partial charge in [-0.1, -0.05) is 24.3 Å². The van der Waals surface area contributed by atoms with Gasteiger partial charge in [-0.3, -0.25) is 9.59 Å². The second-order valence-electron chi connectivity index (χ2n) is 6.86. The summed E-state index contributed by atoms with van der Waals surface area (Å²) in [6, 6.07) is 16.4. The molecule has 0 bridgehead atoms. The highest BCUT2D eigenvalue weighted by atomic mass is 32.1. The van der Waals surface area contributed by atoms with E-state index in [1.807, 2.05) is 35.7 Å². The number of benzene rings is 2. The van der Waals surface area contributed by atoms with Crippen molar-refractivity contribution in [3.05, 3.63) is 86.6 Å². The number of fused-ring (bicyclic) bond motifs is 2. The Kier molecular flexibility index (Phi) is 4.68. The number of amides is 1. The Balaban J connectivity index is 1.48. The third kappa shape index (κ3) is 3.53. The van der Waals surface area contributed by atoms with Crippen LogP contribution in [0.3, 0.4) is 0 Å². The van der Waals surface area contributed by atoms with Gasteiger partial charge in [0.05, 0.1) is 22.3 Å². The first-order valence-corrected chi connectivity index (χ1v) is 10.2. The summed E-state index contributed by atoms with van der Waals surface area (Å²) < 4.78 is 10.8. The van der Waals surface area contributed by atoms with Crippen molar-refractivity contribution in [1.29, 1.82) is 0 Å². The number of para-hydroxylation sites is 1. The van der Waals surface area contributed by atoms with E-state index in [9.17, 15) is 9.59 Å². The predicted octanol–water partition coefficient (Wildman–Crippen LogP) is 3.56. The zero-order chi connectivity index (χ0) is 20.5. The molecule has 0 aliphatic carbocycles. The van der Waals surface area contributed by atoms with Crippen LogP contribution in [0, 0.1) is 0 Å². The van der Waals surface area contributed by atoms with E-state index in [1.54, 1.807) is 29.2 Å². The first-order valence-electron chi connectivity index (χ1n) is 9.36. The molecule has 1 aliphatic heterocycles. The molecule has 30 heavy (non-hydrogen) atoms. The van der Waals surface area contributed by atoms with Crippen LogP contribution >= 0.6 is 11.3 Å². The monoisotopic (exact) mass is 419 g/mol. The summed E-state index contributed by atoms with van der Waals surface area (Å²) in [5.74, 6) is 1.66. The van der Waals surface area contributed by atoms with Crippen LogP contribution in [0.25, 0.3) is 10.9 Å². The van der Waals surface area contributed by atoms with Gasteiger partial charge in [-0.25, -0.2) is 4.98 Å². The van der Waals surface area contributed by atoms with Gasteiger partial charge in [0.1, 0.15) is 5.82 Å². The van der Waals surface area contributed by atoms with Crippen molar-refractivity contribution in [2.45, 2.75) is 13.1 Å². The lowest BCUT2D eigenvalue weighted by atomic mass is 10.2. The normalized spacial score (nSPS) is 12.3. The smallest absolute Gasteiger partial charge is 0.264 e. The maximum absolute atomic E-state index is 13.2. The molecule has 0 atom stereocenters. The first kappa shape index (κ1) is 18.4. The molecule has 0 radical (unpaired) electrons. The Morgan fingerprint density at radius 1 is 1.07 bits per heavy atom. The molecule has 1 aliphatic rings. The Bertz CT molecular complexity index is 1280. The number of ether oxygens (including phenoxy) is 2. The lowest BCUT2D eigenvalue weighted by Crippen LogP contribution is -2.31. The van der Waals surface area contributed by atoms with Crippen molar-refractivity contribution in [3.8, 4) is 11.5 Å². The molecule has 4 aromatic rings. The Hall–Kier alpha value is -3.65. The van der Waals surface area contributed by atoms with Gasteiger partial charge in [-0.05, 0) is 41.3 Å². The number of thiophene rings is 1. The topological polar surface area (TPSA) is 84.5 Å². The minimum absolute atomic E-state index is 0.126. The molecule has 2 aromatic heterocycles. The standard InChI is InChI=1S/C22H17N3O4S/c26-21-15-4-1-2-5-16(15)23-20(24-21)12-25(22(27)19-6-3-9-30-19)11-14-7-8-17-18(10-14)29-13-28-17/h1-10H,11-13H2,(H,23,24,26). The number of hydrogen-bond donors (Lipinski definition) is 1. The van der Waals surface area contributed by atoms with E-state index in [-0.39, 0.29) is 24.8 Å². The summed E-state index contributed by atoms with van der Waals surface area (Å²) in [7, 11) is 0. The number of rotatable bonds is 5. The number of aromatic nitrogens is 2. The van der Waals surface area contributed by atoms with E-state index in [0.717, 1.165) is 5.56 Å². The molecular formula is C22H17N3O4S. The largest absolute Gasteiger partial charge is 0.454 e. The lowest BCUT2D eigenvalue weighted by Gasteiger charge is -2.22. The van der Waals surface area contributed by atoms with E-state index in [1.165, 1.54) is 11.3 Å². The molecular weight excluding hydrogens is 402 g/mol. The van der Waals surface area contributed by atoms with Crippen molar-refractivity contribution < 1.29 is 14.3 Å². The summed E-state index contributed by atoms with van der Waals surface area (Å²) in [6.07, 6.45) is 0. The highest BCUT2D eigenvalue weighted by molar-refractivity contribution is 7.12. The Morgan fingerprint density at radius 2 is 1.93 bits per heavy atom. The number of carbonyl (C=O) groups excluding carboxylic acids is 1. The second-order valence-corrected chi connectivity index (χ2v) is 7.80. The molecule has 0 unspecified atom stereocenters. The van der Waals surface area contributed by atoms with Gasteiger partial charge in [0, 0.05) is 6.54 Å². The zero-order valence-electron chi connectivity index (χ0n) is 15.8. The van der Waals surface area contributed by atoms with Gasteiger partial charge in [-0.2, -0.15) is 0 Å². The molecule has 5 rings (SSSR count). The minimum Gasteiger partial charge on any atom is -0.454 e. The highest BCUT2D eigenvalue weighted by Crippen LogP contribution is 2.33. The number of nitrogens with zero attached hydrogens (tertiary/aromatic N) is 2. The van der Waals surface area contributed by atoms with Gasteiger partial charge in [-0.15, -0.1) is 11.3 Å². The van der Waals surface area contributed by atoms with E-state index >= 15 is 0 Å². The number of carbonyl (C=O) groups is 1. The molecule has 8 heteroatoms. The van der Waals surface area contributed by atoms with Gasteiger partial charge < -0.3 is 19.4 Å². The number of aromatic amines is 1. The zero-order valence-corrected chi connectivity index (χ0v) is 16.6. The molecule has 0 saturated carbocycles. The van der Waals surface area contributed by atoms with Crippen molar-refractivity contribution in [2.24, 2.45) is 0 Å². The van der Waals surface area contributed by atoms with Gasteiger partial charge in [0.2, 0.25) is 6.79 Å². The molecule has 150 valence electrons. The third-order valence-electron chi connectivity index (χ3n) is 4.83. The van der Waals surface area contributed by atoms with Crippen LogP contribution in [-0.2, 0) is 13.1 Å². The van der Waals surface area contributed by atoms with Crippen LogP contribution in [0.2, 0.25) is 0 Å². The average molecular weight is 419 g/mol. The molecule has 3 heterocycles. The number of hydrogen-bond acceptors (Lipinski definition) is 6. The SMILES string of the molecule is O=C(c1cccs1)N(Cc1ccc2c(c1)OCO2)Cc1nc2ccccc2c(=O)[nH]1. The fraction of sp³-hybridized carbons (Fsp3) is 0.136. The van der Waals surface area contributed by atoms with E-state index in [2.05, 4.69) is 9.97 Å². The predicted molar refractivity (Wildman–Crippen MR) is 113 cm³/mol. The fourth-order valence-corrected chi connectivity index (χ4v) is 4.10. The van der Waals surface area contributed by atoms with Gasteiger partial charge in [0.15, 0.2) is 11.5 Å². The first-order chi connectivity index (χ1) is 14.7.